The Bertz CT molecular complexity index is 6090. The van der Waals surface area contributed by atoms with Crippen LogP contribution in [-0.4, -0.2) is 70.9 Å². The lowest BCUT2D eigenvalue weighted by Crippen LogP contribution is -2.29. The lowest BCUT2D eigenvalue weighted by Gasteiger charge is -2.26. The Hall–Kier alpha value is -17.3. The van der Waals surface area contributed by atoms with Gasteiger partial charge < -0.3 is 28.4 Å². The molecule has 24 nitrogen and oxygen atoms in total. The van der Waals surface area contributed by atoms with E-state index < -0.39 is 0 Å². The zero-order valence-electron chi connectivity index (χ0n) is 68.4. The van der Waals surface area contributed by atoms with Gasteiger partial charge in [0.25, 0.3) is 70.9 Å². The molecular weight excluding hydrogens is 1610 g/mol. The van der Waals surface area contributed by atoms with Gasteiger partial charge in [0, 0.05) is 78.3 Å². The minimum absolute atomic E-state index is 0.300. The van der Waals surface area contributed by atoms with E-state index in [-0.39, 0.29) is 76.3 Å². The average Bonchev–Trinajstić information content (AvgIpc) is 1.78. The van der Waals surface area contributed by atoms with E-state index in [1.807, 2.05) is 135 Å². The van der Waals surface area contributed by atoms with E-state index in [2.05, 4.69) is 26.0 Å². The molecular formula is C103H74N6O18. The number of hydrogen-bond acceptors (Lipinski definition) is 18. The fourth-order valence-electron chi connectivity index (χ4n) is 14.4. The number of nitrogens with zero attached hydrogens (tertiary/aromatic N) is 6. The second-order valence-corrected chi connectivity index (χ2v) is 30.2. The fourth-order valence-corrected chi connectivity index (χ4v) is 14.4. The minimum Gasteiger partial charge on any atom is -0.457 e. The van der Waals surface area contributed by atoms with Crippen molar-refractivity contribution in [3.63, 3.8) is 0 Å². The van der Waals surface area contributed by atoms with Gasteiger partial charge in [0.15, 0.2) is 0 Å². The molecule has 0 fully saturated rings. The quantitative estimate of drug-likeness (QED) is 0.0508. The number of hydrogen-bond donors (Lipinski definition) is 0. The highest BCUT2D eigenvalue weighted by Gasteiger charge is 2.32. The molecule has 624 valence electrons. The third-order valence-electron chi connectivity index (χ3n) is 21.1. The summed E-state index contributed by atoms with van der Waals surface area (Å²) in [6.45, 7) is 8.25. The Kier molecular flexibility index (Phi) is 23.8. The average molecular weight is 1680 g/mol. The van der Waals surface area contributed by atoms with Crippen molar-refractivity contribution >= 4 is 105 Å². The molecule has 0 bridgehead atoms. The van der Waals surface area contributed by atoms with Crippen molar-refractivity contribution in [1.29, 1.82) is 0 Å². The molecule has 0 saturated carbocycles. The van der Waals surface area contributed by atoms with Crippen LogP contribution in [0.15, 0.2) is 352 Å². The Morgan fingerprint density at radius 2 is 0.354 bits per heavy atom. The maximum absolute atomic E-state index is 11.9. The molecule has 0 radical (unpaired) electrons. The number of carbonyl (C=O) groups excluding carboxylic acids is 12. The topological polar surface area (TPSA) is 280 Å². The number of carbonyl (C=O) groups is 12. The molecule has 0 spiro atoms. The fraction of sp³-hybridized carbons (Fsp3) is 0.0680. The van der Waals surface area contributed by atoms with Crippen molar-refractivity contribution in [2.45, 2.75) is 46.0 Å². The lowest BCUT2D eigenvalue weighted by atomic mass is 9.78. The molecule has 0 unspecified atom stereocenters. The van der Waals surface area contributed by atoms with Gasteiger partial charge in [-0.2, -0.15) is 0 Å². The number of ether oxygens (including phenoxy) is 6. The van der Waals surface area contributed by atoms with Crippen LogP contribution in [0.25, 0.3) is 0 Å². The largest absolute Gasteiger partial charge is 0.457 e. The van der Waals surface area contributed by atoms with Crippen LogP contribution >= 0.6 is 0 Å². The summed E-state index contributed by atoms with van der Waals surface area (Å²) in [5.74, 6) is 3.32. The second kappa shape index (κ2) is 36.2. The Labute approximate surface area is 727 Å². The molecule has 18 rings (SSSR count). The van der Waals surface area contributed by atoms with Crippen molar-refractivity contribution in [2.75, 3.05) is 29.4 Å². The van der Waals surface area contributed by atoms with Crippen molar-refractivity contribution in [3.8, 4) is 69.0 Å². The highest BCUT2D eigenvalue weighted by atomic mass is 16.5. The highest BCUT2D eigenvalue weighted by molar-refractivity contribution is 6.31. The van der Waals surface area contributed by atoms with Crippen LogP contribution in [0.5, 0.6) is 69.0 Å². The molecule has 24 heteroatoms. The van der Waals surface area contributed by atoms with E-state index in [1.54, 1.807) is 146 Å². The second-order valence-electron chi connectivity index (χ2n) is 30.2. The Balaban J connectivity index is 0.000000140. The van der Waals surface area contributed by atoms with Gasteiger partial charge in [-0.15, -0.1) is 0 Å². The first kappa shape index (κ1) is 83.4. The summed E-state index contributed by atoms with van der Waals surface area (Å²) in [5, 5.41) is 0. The molecule has 0 aromatic heterocycles. The molecule has 0 atom stereocenters. The summed E-state index contributed by atoms with van der Waals surface area (Å²) in [6.07, 6.45) is 16.5. The van der Waals surface area contributed by atoms with Gasteiger partial charge in [-0.05, 0) is 277 Å². The maximum Gasteiger partial charge on any atom is 0.258 e. The third kappa shape index (κ3) is 19.1. The zero-order valence-corrected chi connectivity index (χ0v) is 68.4. The third-order valence-corrected chi connectivity index (χ3v) is 21.1. The summed E-state index contributed by atoms with van der Waals surface area (Å²) in [7, 11) is 0. The van der Waals surface area contributed by atoms with Crippen LogP contribution in [0.4, 0.5) is 34.1 Å². The van der Waals surface area contributed by atoms with E-state index in [0.717, 1.165) is 86.7 Å². The highest BCUT2D eigenvalue weighted by Crippen LogP contribution is 2.39. The molecule has 6 heterocycles. The van der Waals surface area contributed by atoms with Gasteiger partial charge >= 0.3 is 0 Å². The van der Waals surface area contributed by atoms with E-state index in [0.29, 0.717) is 103 Å². The lowest BCUT2D eigenvalue weighted by molar-refractivity contribution is -0.121. The van der Waals surface area contributed by atoms with E-state index in [9.17, 15) is 57.5 Å². The predicted octanol–water partition coefficient (Wildman–Crippen LogP) is 18.5. The standard InChI is InChI=1S/2C35H26N2O6.C33H22N2O6/c1-35(2,23-3-11-27(12-4-23)42-29-15-7-25(8-16-29)36-31(38)19-20-32(36)39)24-5-13-28(14-6-24)43-30-17-9-26(10-18-30)37-33(40)21-22-34(37)41;1-22-19-24(3-13-30(22)42-28-9-5-26(6-10-28)36-32(38)15-16-33(36)39)21-25-4-14-31(23(2)20-25)43-29-11-7-27(8-12-29)37-34(40)17-18-35(37)41;36-30-17-18-31(37)34(30)24-5-13-28(14-6-24)40-26-9-1-22(2-10-26)21-23-3-11-27(12-4-23)41-29-15-7-25(8-16-29)35-32(38)19-20-33(35)39/h3-22H,1-2H3;3-20H,21H2,1-2H3;1-20H,21H2. The smallest absolute Gasteiger partial charge is 0.258 e. The summed E-state index contributed by atoms with van der Waals surface area (Å²) < 4.78 is 35.9. The molecule has 12 aromatic carbocycles. The maximum atomic E-state index is 11.9. The van der Waals surface area contributed by atoms with Gasteiger partial charge in [0.2, 0.25) is 0 Å². The van der Waals surface area contributed by atoms with Crippen LogP contribution in [-0.2, 0) is 75.8 Å². The Morgan fingerprint density at radius 3 is 0.543 bits per heavy atom. The van der Waals surface area contributed by atoms with Crippen molar-refractivity contribution in [3.05, 3.63) is 396 Å². The first-order valence-electron chi connectivity index (χ1n) is 40.0. The molecule has 0 saturated heterocycles. The number of imide groups is 6. The van der Waals surface area contributed by atoms with Gasteiger partial charge in [-0.1, -0.05) is 86.6 Å². The number of benzene rings is 12. The Morgan fingerprint density at radius 1 is 0.197 bits per heavy atom. The normalized spacial score (nSPS) is 14.4. The summed E-state index contributed by atoms with van der Waals surface area (Å²) in [5.41, 5.74) is 11.3. The summed E-state index contributed by atoms with van der Waals surface area (Å²) in [4.78, 5) is 149. The minimum atomic E-state index is -0.362. The summed E-state index contributed by atoms with van der Waals surface area (Å²) >= 11 is 0. The molecule has 0 N–H and O–H groups in total. The van der Waals surface area contributed by atoms with Crippen molar-refractivity contribution in [2.24, 2.45) is 0 Å². The van der Waals surface area contributed by atoms with Gasteiger partial charge in [0.05, 0.1) is 34.1 Å². The number of rotatable bonds is 24. The molecule has 6 aliphatic rings. The van der Waals surface area contributed by atoms with Gasteiger partial charge in [-0.25, -0.2) is 29.4 Å². The number of anilines is 6. The zero-order chi connectivity index (χ0) is 88.6. The van der Waals surface area contributed by atoms with Crippen LogP contribution in [0.1, 0.15) is 58.4 Å². The van der Waals surface area contributed by atoms with E-state index in [1.165, 1.54) is 72.9 Å². The molecule has 0 aliphatic carbocycles. The summed E-state index contributed by atoms with van der Waals surface area (Å²) in [6, 6.07) is 84.1. The number of aryl methyl sites for hydroxylation is 2. The van der Waals surface area contributed by atoms with Crippen LogP contribution in [0.3, 0.4) is 0 Å². The van der Waals surface area contributed by atoms with Gasteiger partial charge in [0.1, 0.15) is 69.0 Å². The molecule has 12 aromatic rings. The SMILES string of the molecule is CC(C)(c1ccc(Oc2ccc(N3C(=O)C=CC3=O)cc2)cc1)c1ccc(Oc2ccc(N3C(=O)C=CC3=O)cc2)cc1.Cc1cc(Cc2ccc(Oc3ccc(N4C(=O)C=CC4=O)cc3)c(C)c2)ccc1Oc1ccc(N2C(=O)C=CC2=O)cc1.O=C1C=CC(=O)N1c1ccc(Oc2ccc(Cc3ccc(Oc4ccc(N5C(=O)C=CC5=O)cc4)cc3)cc2)cc1. The molecule has 127 heavy (non-hydrogen) atoms. The van der Waals surface area contributed by atoms with Crippen LogP contribution < -0.4 is 57.8 Å². The molecule has 6 aliphatic heterocycles. The number of amides is 12. The van der Waals surface area contributed by atoms with E-state index >= 15 is 0 Å². The van der Waals surface area contributed by atoms with E-state index in [4.69, 9.17) is 28.4 Å². The van der Waals surface area contributed by atoms with Crippen LogP contribution in [0.2, 0.25) is 0 Å². The van der Waals surface area contributed by atoms with Crippen molar-refractivity contribution in [1.82, 2.24) is 0 Å². The first-order valence-corrected chi connectivity index (χ1v) is 40.0. The van der Waals surface area contributed by atoms with Crippen LogP contribution in [0, 0.1) is 13.8 Å². The monoisotopic (exact) mass is 1680 g/mol. The van der Waals surface area contributed by atoms with Crippen molar-refractivity contribution < 1.29 is 86.0 Å². The predicted molar refractivity (Wildman–Crippen MR) is 475 cm³/mol. The molecule has 12 amide bonds. The first-order chi connectivity index (χ1) is 61.4. The van der Waals surface area contributed by atoms with Gasteiger partial charge in [-0.3, -0.25) is 57.5 Å².